The highest BCUT2D eigenvalue weighted by Gasteiger charge is 2.31. The number of halogens is 3. The Kier molecular flexibility index (Phi) is 4.71. The van der Waals surface area contributed by atoms with E-state index in [1.807, 2.05) is 20.8 Å². The zero-order chi connectivity index (χ0) is 19.8. The van der Waals surface area contributed by atoms with Gasteiger partial charge in [-0.3, -0.25) is 9.20 Å². The van der Waals surface area contributed by atoms with Crippen molar-refractivity contribution in [2.45, 2.75) is 33.4 Å². The fourth-order valence-corrected chi connectivity index (χ4v) is 2.86. The molecular weight excluding hydrogens is 355 g/mol. The van der Waals surface area contributed by atoms with Crippen molar-refractivity contribution < 1.29 is 18.0 Å². The van der Waals surface area contributed by atoms with Crippen LogP contribution in [0.15, 0.2) is 48.7 Å². The van der Waals surface area contributed by atoms with Gasteiger partial charge in [-0.15, -0.1) is 0 Å². The number of anilines is 1. The maximum absolute atomic E-state index is 13.1. The largest absolute Gasteiger partial charge is 0.416 e. The van der Waals surface area contributed by atoms with Crippen molar-refractivity contribution in [1.82, 2.24) is 9.38 Å². The van der Waals surface area contributed by atoms with Gasteiger partial charge in [0, 0.05) is 18.2 Å². The van der Waals surface area contributed by atoms with Crippen molar-refractivity contribution in [3.8, 4) is 11.3 Å². The number of pyridine rings is 1. The van der Waals surface area contributed by atoms with Crippen LogP contribution in [0.5, 0.6) is 0 Å². The first-order chi connectivity index (χ1) is 12.5. The lowest BCUT2D eigenvalue weighted by atomic mass is 9.92. The number of hydrogen-bond donors (Lipinski definition) is 1. The molecule has 1 aromatic carbocycles. The van der Waals surface area contributed by atoms with Gasteiger partial charge in [-0.05, 0) is 29.7 Å². The fourth-order valence-electron chi connectivity index (χ4n) is 2.86. The highest BCUT2D eigenvalue weighted by atomic mass is 19.4. The quantitative estimate of drug-likeness (QED) is 0.667. The number of nitrogens with one attached hydrogen (secondary N) is 1. The highest BCUT2D eigenvalue weighted by molar-refractivity contribution is 5.94. The topological polar surface area (TPSA) is 46.4 Å². The van der Waals surface area contributed by atoms with Gasteiger partial charge in [-0.2, -0.15) is 13.2 Å². The van der Waals surface area contributed by atoms with E-state index in [1.165, 1.54) is 6.07 Å². The molecule has 3 rings (SSSR count). The minimum Gasteiger partial charge on any atom is -0.309 e. The minimum absolute atomic E-state index is 0.223. The second-order valence-corrected chi connectivity index (χ2v) is 7.60. The van der Waals surface area contributed by atoms with Gasteiger partial charge < -0.3 is 5.32 Å². The van der Waals surface area contributed by atoms with Crippen LogP contribution in [0.2, 0.25) is 0 Å². The molecule has 0 unspecified atom stereocenters. The number of alkyl halides is 3. The van der Waals surface area contributed by atoms with Crippen LogP contribution >= 0.6 is 0 Å². The number of imidazole rings is 1. The molecule has 1 N–H and O–H groups in total. The Hall–Kier alpha value is -2.83. The second kappa shape index (κ2) is 6.72. The normalized spacial score (nSPS) is 12.4. The Morgan fingerprint density at radius 2 is 1.85 bits per heavy atom. The molecule has 0 bridgehead atoms. The predicted octanol–water partition coefficient (Wildman–Crippen LogP) is 5.39. The maximum Gasteiger partial charge on any atom is 0.416 e. The SMILES string of the molecule is CC(C)(C)CC(=O)Nc1nc2ccccn2c1-c1cccc(C(F)(F)F)c1. The van der Waals surface area contributed by atoms with E-state index in [9.17, 15) is 18.0 Å². The van der Waals surface area contributed by atoms with Gasteiger partial charge in [0.1, 0.15) is 5.65 Å². The Morgan fingerprint density at radius 3 is 2.52 bits per heavy atom. The third-order valence-electron chi connectivity index (χ3n) is 3.94. The summed E-state index contributed by atoms with van der Waals surface area (Å²) in [4.78, 5) is 16.8. The van der Waals surface area contributed by atoms with Crippen LogP contribution in [0, 0.1) is 5.41 Å². The summed E-state index contributed by atoms with van der Waals surface area (Å²) in [6.07, 6.45) is -2.48. The number of nitrogens with zero attached hydrogens (tertiary/aromatic N) is 2. The van der Waals surface area contributed by atoms with E-state index in [2.05, 4.69) is 10.3 Å². The average molecular weight is 375 g/mol. The minimum atomic E-state index is -4.45. The molecule has 0 aliphatic heterocycles. The molecule has 0 spiro atoms. The summed E-state index contributed by atoms with van der Waals surface area (Å²) in [6.45, 7) is 5.80. The number of benzene rings is 1. The van der Waals surface area contributed by atoms with Crippen molar-refractivity contribution in [1.29, 1.82) is 0 Å². The summed E-state index contributed by atoms with van der Waals surface area (Å²) in [6, 6.07) is 10.3. The number of carbonyl (C=O) groups excluding carboxylic acids is 1. The van der Waals surface area contributed by atoms with Crippen molar-refractivity contribution in [2.24, 2.45) is 5.41 Å². The number of rotatable bonds is 3. The van der Waals surface area contributed by atoms with Crippen LogP contribution < -0.4 is 5.32 Å². The summed E-state index contributed by atoms with van der Waals surface area (Å²) in [7, 11) is 0. The van der Waals surface area contributed by atoms with Gasteiger partial charge in [0.2, 0.25) is 5.91 Å². The number of hydrogen-bond acceptors (Lipinski definition) is 2. The van der Waals surface area contributed by atoms with Gasteiger partial charge in [0.15, 0.2) is 5.82 Å². The van der Waals surface area contributed by atoms with Crippen LogP contribution in [0.4, 0.5) is 19.0 Å². The Labute approximate surface area is 155 Å². The molecule has 0 saturated carbocycles. The van der Waals surface area contributed by atoms with Crippen molar-refractivity contribution in [3.63, 3.8) is 0 Å². The Balaban J connectivity index is 2.10. The molecule has 0 aliphatic rings. The van der Waals surface area contributed by atoms with E-state index in [1.54, 1.807) is 34.9 Å². The van der Waals surface area contributed by atoms with E-state index in [0.29, 0.717) is 16.9 Å². The molecule has 0 radical (unpaired) electrons. The molecule has 0 atom stereocenters. The Bertz CT molecular complexity index is 984. The first-order valence-corrected chi connectivity index (χ1v) is 8.49. The zero-order valence-electron chi connectivity index (χ0n) is 15.3. The number of fused-ring (bicyclic) bond motifs is 1. The first-order valence-electron chi connectivity index (χ1n) is 8.49. The molecule has 2 heterocycles. The average Bonchev–Trinajstić information content (AvgIpc) is 2.90. The van der Waals surface area contributed by atoms with E-state index in [4.69, 9.17) is 0 Å². The van der Waals surface area contributed by atoms with E-state index >= 15 is 0 Å². The van der Waals surface area contributed by atoms with Gasteiger partial charge in [-0.25, -0.2) is 4.98 Å². The van der Waals surface area contributed by atoms with Crippen molar-refractivity contribution >= 4 is 17.4 Å². The van der Waals surface area contributed by atoms with Crippen LogP contribution in [-0.2, 0) is 11.0 Å². The van der Waals surface area contributed by atoms with E-state index in [0.717, 1.165) is 12.1 Å². The molecule has 142 valence electrons. The maximum atomic E-state index is 13.1. The van der Waals surface area contributed by atoms with E-state index in [-0.39, 0.29) is 23.6 Å². The second-order valence-electron chi connectivity index (χ2n) is 7.60. The number of aromatic nitrogens is 2. The predicted molar refractivity (Wildman–Crippen MR) is 98.3 cm³/mol. The molecule has 4 nitrogen and oxygen atoms in total. The lowest BCUT2D eigenvalue weighted by Gasteiger charge is -2.17. The van der Waals surface area contributed by atoms with Crippen LogP contribution in [0.3, 0.4) is 0 Å². The number of carbonyl (C=O) groups is 1. The molecule has 0 saturated heterocycles. The van der Waals surface area contributed by atoms with Gasteiger partial charge >= 0.3 is 6.18 Å². The molecule has 3 aromatic rings. The van der Waals surface area contributed by atoms with Gasteiger partial charge in [-0.1, -0.05) is 39.0 Å². The fraction of sp³-hybridized carbons (Fsp3) is 0.300. The third kappa shape index (κ3) is 4.30. The molecule has 0 fully saturated rings. The first kappa shape index (κ1) is 18.9. The molecule has 7 heteroatoms. The van der Waals surface area contributed by atoms with Gasteiger partial charge in [0.25, 0.3) is 0 Å². The summed E-state index contributed by atoms with van der Waals surface area (Å²) >= 11 is 0. The monoisotopic (exact) mass is 375 g/mol. The molecule has 0 aliphatic carbocycles. The molecular formula is C20H20F3N3O. The smallest absolute Gasteiger partial charge is 0.309 e. The molecule has 27 heavy (non-hydrogen) atoms. The van der Waals surface area contributed by atoms with Crippen LogP contribution in [0.25, 0.3) is 16.9 Å². The van der Waals surface area contributed by atoms with Gasteiger partial charge in [0.05, 0.1) is 11.3 Å². The van der Waals surface area contributed by atoms with Crippen molar-refractivity contribution in [2.75, 3.05) is 5.32 Å². The highest BCUT2D eigenvalue weighted by Crippen LogP contribution is 2.35. The van der Waals surface area contributed by atoms with Crippen LogP contribution in [0.1, 0.15) is 32.8 Å². The number of amides is 1. The summed E-state index contributed by atoms with van der Waals surface area (Å²) in [5, 5.41) is 2.76. The standard InChI is InChI=1S/C20H20F3N3O/c1-19(2,3)12-16(27)25-18-17(26-10-5-4-9-15(26)24-18)13-7-6-8-14(11-13)20(21,22)23/h4-11H,12H2,1-3H3,(H,25,27). The van der Waals surface area contributed by atoms with Crippen LogP contribution in [-0.4, -0.2) is 15.3 Å². The zero-order valence-corrected chi connectivity index (χ0v) is 15.3. The molecule has 1 amide bonds. The third-order valence-corrected chi connectivity index (χ3v) is 3.94. The molecule has 2 aromatic heterocycles. The van der Waals surface area contributed by atoms with Crippen molar-refractivity contribution in [3.05, 3.63) is 54.2 Å². The summed E-state index contributed by atoms with van der Waals surface area (Å²) in [5.41, 5.74) is 0.307. The van der Waals surface area contributed by atoms with E-state index < -0.39 is 11.7 Å². The lowest BCUT2D eigenvalue weighted by molar-refractivity contribution is -0.137. The lowest BCUT2D eigenvalue weighted by Crippen LogP contribution is -2.20. The Morgan fingerprint density at radius 1 is 1.11 bits per heavy atom. The summed E-state index contributed by atoms with van der Waals surface area (Å²) in [5.74, 6) is 0.00825. The summed E-state index contributed by atoms with van der Waals surface area (Å²) < 4.78 is 41.1.